The molecule has 0 aromatic rings. The van der Waals surface area contributed by atoms with Crippen molar-refractivity contribution in [3.8, 4) is 0 Å². The van der Waals surface area contributed by atoms with Gasteiger partial charge in [0, 0.05) is 11.8 Å². The maximum Gasteiger partial charge on any atom is 0.220 e. The molecular weight excluding hydrogens is 210 g/mol. The molecule has 1 N–H and O–H groups in total. The molecule has 4 heteroatoms. The molecule has 0 bridgehead atoms. The lowest BCUT2D eigenvalue weighted by atomic mass is 10.3. The summed E-state index contributed by atoms with van der Waals surface area (Å²) in [6.45, 7) is 1.65. The Morgan fingerprint density at radius 2 is 2.36 bits per heavy atom. The van der Waals surface area contributed by atoms with Crippen molar-refractivity contribution in [2.45, 2.75) is 25.8 Å². The molecule has 1 amide bonds. The average Bonchev–Trinajstić information content (AvgIpc) is 2.00. The van der Waals surface area contributed by atoms with Crippen molar-refractivity contribution in [1.82, 2.24) is 5.32 Å². The first kappa shape index (κ1) is 10.6. The lowest BCUT2D eigenvalue weighted by molar-refractivity contribution is -0.123. The van der Waals surface area contributed by atoms with Crippen LogP contribution in [-0.4, -0.2) is 23.6 Å². The smallest absolute Gasteiger partial charge is 0.220 e. The second-order valence-electron chi connectivity index (χ2n) is 2.28. The first-order chi connectivity index (χ1) is 5.20. The summed E-state index contributed by atoms with van der Waals surface area (Å²) >= 11 is 3.21. The molecule has 64 valence electrons. The Morgan fingerprint density at radius 1 is 1.73 bits per heavy atom. The molecule has 0 saturated carbocycles. The second-order valence-corrected chi connectivity index (χ2v) is 3.08. The van der Waals surface area contributed by atoms with Crippen LogP contribution in [0.5, 0.6) is 0 Å². The highest BCUT2D eigenvalue weighted by atomic mass is 79.9. The van der Waals surface area contributed by atoms with Gasteiger partial charge in [-0.2, -0.15) is 0 Å². The topological polar surface area (TPSA) is 46.2 Å². The molecule has 0 rings (SSSR count). The molecule has 0 saturated heterocycles. The SMILES string of the molecule is C[C@@H](C=O)NC(=O)CCCBr. The fourth-order valence-electron chi connectivity index (χ4n) is 0.587. The van der Waals surface area contributed by atoms with Gasteiger partial charge in [-0.1, -0.05) is 15.9 Å². The van der Waals surface area contributed by atoms with Crippen molar-refractivity contribution in [3.63, 3.8) is 0 Å². The van der Waals surface area contributed by atoms with Gasteiger partial charge in [-0.25, -0.2) is 0 Å². The van der Waals surface area contributed by atoms with E-state index in [2.05, 4.69) is 21.2 Å². The van der Waals surface area contributed by atoms with Gasteiger partial charge in [0.05, 0.1) is 6.04 Å². The molecule has 11 heavy (non-hydrogen) atoms. The molecule has 1 atom stereocenters. The van der Waals surface area contributed by atoms with E-state index in [0.717, 1.165) is 11.8 Å². The molecule has 0 unspecified atom stereocenters. The van der Waals surface area contributed by atoms with Crippen molar-refractivity contribution in [2.24, 2.45) is 0 Å². The molecule has 0 aliphatic heterocycles. The molecule has 3 nitrogen and oxygen atoms in total. The Labute approximate surface area is 74.7 Å². The minimum absolute atomic E-state index is 0.0657. The number of rotatable bonds is 5. The van der Waals surface area contributed by atoms with E-state index in [9.17, 15) is 9.59 Å². The zero-order chi connectivity index (χ0) is 8.69. The zero-order valence-electron chi connectivity index (χ0n) is 6.47. The summed E-state index contributed by atoms with van der Waals surface area (Å²) in [6.07, 6.45) is 1.99. The summed E-state index contributed by atoms with van der Waals surface area (Å²) in [6, 6.07) is -0.363. The number of carbonyl (C=O) groups excluding carboxylic acids is 2. The van der Waals surface area contributed by atoms with Gasteiger partial charge in [0.1, 0.15) is 6.29 Å². The largest absolute Gasteiger partial charge is 0.347 e. The molecule has 0 fully saturated rings. The van der Waals surface area contributed by atoms with Gasteiger partial charge in [0.25, 0.3) is 0 Å². The number of aldehydes is 1. The fourth-order valence-corrected chi connectivity index (χ4v) is 0.868. The van der Waals surface area contributed by atoms with E-state index in [1.807, 2.05) is 0 Å². The van der Waals surface area contributed by atoms with Gasteiger partial charge in [-0.05, 0) is 13.3 Å². The highest BCUT2D eigenvalue weighted by Gasteiger charge is 2.03. The van der Waals surface area contributed by atoms with Gasteiger partial charge in [-0.3, -0.25) is 4.79 Å². The predicted molar refractivity (Wildman–Crippen MR) is 46.7 cm³/mol. The van der Waals surface area contributed by atoms with E-state index in [1.54, 1.807) is 6.92 Å². The van der Waals surface area contributed by atoms with Crippen molar-refractivity contribution in [3.05, 3.63) is 0 Å². The quantitative estimate of drug-likeness (QED) is 0.554. The number of alkyl halides is 1. The summed E-state index contributed by atoms with van der Waals surface area (Å²) < 4.78 is 0. The molecule has 0 heterocycles. The third-order valence-corrected chi connectivity index (χ3v) is 1.69. The van der Waals surface area contributed by atoms with Crippen molar-refractivity contribution < 1.29 is 9.59 Å². The van der Waals surface area contributed by atoms with Crippen LogP contribution in [0.2, 0.25) is 0 Å². The molecule has 0 aromatic heterocycles. The second kappa shape index (κ2) is 6.34. The number of nitrogens with one attached hydrogen (secondary N) is 1. The van der Waals surface area contributed by atoms with E-state index in [4.69, 9.17) is 0 Å². The molecule has 0 aromatic carbocycles. The molecular formula is C7H12BrNO2. The maximum absolute atomic E-state index is 10.9. The third-order valence-electron chi connectivity index (χ3n) is 1.13. The minimum Gasteiger partial charge on any atom is -0.347 e. The zero-order valence-corrected chi connectivity index (χ0v) is 8.06. The van der Waals surface area contributed by atoms with E-state index in [0.29, 0.717) is 12.7 Å². The number of halogens is 1. The van der Waals surface area contributed by atoms with Crippen LogP contribution >= 0.6 is 15.9 Å². The van der Waals surface area contributed by atoms with Crippen LogP contribution in [0, 0.1) is 0 Å². The molecule has 0 spiro atoms. The van der Waals surface area contributed by atoms with Crippen LogP contribution in [0.4, 0.5) is 0 Å². The van der Waals surface area contributed by atoms with Crippen molar-refractivity contribution in [2.75, 3.05) is 5.33 Å². The Hall–Kier alpha value is -0.380. The summed E-state index contributed by atoms with van der Waals surface area (Å²) in [5, 5.41) is 3.35. The summed E-state index contributed by atoms with van der Waals surface area (Å²) in [5.74, 6) is -0.0657. The standard InChI is InChI=1S/C7H12BrNO2/c1-6(5-10)9-7(11)3-2-4-8/h5-6H,2-4H2,1H3,(H,9,11)/t6-/m0/s1. The number of hydrogen-bond acceptors (Lipinski definition) is 2. The van der Waals surface area contributed by atoms with Crippen LogP contribution in [0.25, 0.3) is 0 Å². The highest BCUT2D eigenvalue weighted by Crippen LogP contribution is 1.93. The average molecular weight is 222 g/mol. The summed E-state index contributed by atoms with van der Waals surface area (Å²) in [7, 11) is 0. The fraction of sp³-hybridized carbons (Fsp3) is 0.714. The molecule has 0 radical (unpaired) electrons. The normalized spacial score (nSPS) is 12.2. The first-order valence-corrected chi connectivity index (χ1v) is 4.63. The highest BCUT2D eigenvalue weighted by molar-refractivity contribution is 9.09. The van der Waals surface area contributed by atoms with E-state index < -0.39 is 0 Å². The van der Waals surface area contributed by atoms with Crippen LogP contribution in [0.1, 0.15) is 19.8 Å². The number of amides is 1. The Bertz CT molecular complexity index is 138. The van der Waals surface area contributed by atoms with Crippen LogP contribution in [0.15, 0.2) is 0 Å². The van der Waals surface area contributed by atoms with Crippen molar-refractivity contribution >= 4 is 28.1 Å². The lowest BCUT2D eigenvalue weighted by Gasteiger charge is -2.05. The van der Waals surface area contributed by atoms with Crippen LogP contribution in [-0.2, 0) is 9.59 Å². The lowest BCUT2D eigenvalue weighted by Crippen LogP contribution is -2.33. The molecule has 0 aliphatic rings. The molecule has 0 aliphatic carbocycles. The van der Waals surface area contributed by atoms with Gasteiger partial charge >= 0.3 is 0 Å². The van der Waals surface area contributed by atoms with Crippen LogP contribution in [0.3, 0.4) is 0 Å². The van der Waals surface area contributed by atoms with E-state index >= 15 is 0 Å². The maximum atomic E-state index is 10.9. The number of hydrogen-bond donors (Lipinski definition) is 1. The predicted octanol–water partition coefficient (Wildman–Crippen LogP) is 0.865. The Kier molecular flexibility index (Phi) is 6.12. The van der Waals surface area contributed by atoms with Crippen molar-refractivity contribution in [1.29, 1.82) is 0 Å². The van der Waals surface area contributed by atoms with E-state index in [1.165, 1.54) is 0 Å². The van der Waals surface area contributed by atoms with Gasteiger partial charge in [0.2, 0.25) is 5.91 Å². The minimum atomic E-state index is -0.363. The number of carbonyl (C=O) groups is 2. The van der Waals surface area contributed by atoms with Gasteiger partial charge in [0.15, 0.2) is 0 Å². The Morgan fingerprint density at radius 3 is 2.82 bits per heavy atom. The van der Waals surface area contributed by atoms with Gasteiger partial charge in [-0.15, -0.1) is 0 Å². The van der Waals surface area contributed by atoms with E-state index in [-0.39, 0.29) is 11.9 Å². The van der Waals surface area contributed by atoms with Crippen LogP contribution < -0.4 is 5.32 Å². The first-order valence-electron chi connectivity index (χ1n) is 3.51. The van der Waals surface area contributed by atoms with Gasteiger partial charge < -0.3 is 10.1 Å². The Balaban J connectivity index is 3.43. The third kappa shape index (κ3) is 6.04. The monoisotopic (exact) mass is 221 g/mol. The summed E-state index contributed by atoms with van der Waals surface area (Å²) in [5.41, 5.74) is 0. The summed E-state index contributed by atoms with van der Waals surface area (Å²) in [4.78, 5) is 21.0.